The molecule has 7 rings (SSSR count). The molecule has 3 saturated carbocycles. The van der Waals surface area contributed by atoms with E-state index in [9.17, 15) is 0 Å². The monoisotopic (exact) mass is 450 g/mol. The minimum absolute atomic E-state index is 0.165. The summed E-state index contributed by atoms with van der Waals surface area (Å²) in [4.78, 5) is 0. The van der Waals surface area contributed by atoms with Crippen molar-refractivity contribution in [3.63, 3.8) is 0 Å². The van der Waals surface area contributed by atoms with Crippen molar-refractivity contribution in [2.75, 3.05) is 0 Å². The van der Waals surface area contributed by atoms with Gasteiger partial charge in [0.25, 0.3) is 0 Å². The molecule has 34 heavy (non-hydrogen) atoms. The molecule has 3 aliphatic rings. The maximum Gasteiger partial charge on any atom is 0.220 e. The van der Waals surface area contributed by atoms with Crippen molar-refractivity contribution < 1.29 is 8.96 Å². The second-order valence-electron chi connectivity index (χ2n) is 10.7. The first-order chi connectivity index (χ1) is 16.5. The first kappa shape index (κ1) is 21.5. The zero-order chi connectivity index (χ0) is 23.4. The Morgan fingerprint density at radius 1 is 0.824 bits per heavy atom. The summed E-state index contributed by atoms with van der Waals surface area (Å²) in [6.45, 7) is 4.20. The fourth-order valence-electron chi connectivity index (χ4n) is 6.70. The van der Waals surface area contributed by atoms with Gasteiger partial charge in [-0.05, 0) is 84.2 Å². The highest BCUT2D eigenvalue weighted by atomic mass is 19.1. The van der Waals surface area contributed by atoms with Gasteiger partial charge in [0.1, 0.15) is 12.9 Å². The topological polar surface area (TPSA) is 3.88 Å². The lowest BCUT2D eigenvalue weighted by atomic mass is 9.63. The molecule has 0 aliphatic heterocycles. The minimum Gasteiger partial charge on any atom is -0.206 e. The number of hydrogen-bond acceptors (Lipinski definition) is 0. The van der Waals surface area contributed by atoms with E-state index in [2.05, 4.69) is 42.8 Å². The molecule has 3 fully saturated rings. The van der Waals surface area contributed by atoms with Crippen molar-refractivity contribution in [3.05, 3.63) is 89.4 Å². The molecule has 0 N–H and O–H groups in total. The van der Waals surface area contributed by atoms with E-state index in [-0.39, 0.29) is 5.82 Å². The van der Waals surface area contributed by atoms with Gasteiger partial charge < -0.3 is 0 Å². The Balaban J connectivity index is 1.52. The predicted octanol–water partition coefficient (Wildman–Crippen LogP) is 8.05. The number of halogens is 1. The molecule has 2 bridgehead atoms. The van der Waals surface area contributed by atoms with Crippen LogP contribution >= 0.6 is 0 Å². The number of fused-ring (bicyclic) bond motifs is 4. The molecule has 1 atom stereocenters. The van der Waals surface area contributed by atoms with Crippen LogP contribution in [-0.2, 0) is 7.05 Å². The molecular weight excluding hydrogens is 417 g/mol. The zero-order valence-corrected chi connectivity index (χ0v) is 20.4. The first-order valence-corrected chi connectivity index (χ1v) is 12.8. The van der Waals surface area contributed by atoms with E-state index in [1.807, 2.05) is 43.3 Å². The average Bonchev–Trinajstić information content (AvgIpc) is 2.86. The number of pyridine rings is 1. The molecule has 4 aromatic rings. The minimum atomic E-state index is -0.165. The molecule has 2 heteroatoms. The molecule has 3 aliphatic carbocycles. The first-order valence-electron chi connectivity index (χ1n) is 12.8. The van der Waals surface area contributed by atoms with E-state index in [1.54, 1.807) is 6.07 Å². The van der Waals surface area contributed by atoms with Crippen molar-refractivity contribution >= 4 is 10.8 Å². The van der Waals surface area contributed by atoms with Gasteiger partial charge in [-0.2, -0.15) is 4.57 Å². The van der Waals surface area contributed by atoms with Crippen LogP contribution in [-0.4, -0.2) is 0 Å². The largest absolute Gasteiger partial charge is 0.220 e. The van der Waals surface area contributed by atoms with E-state index >= 15 is 4.39 Å². The summed E-state index contributed by atoms with van der Waals surface area (Å²) in [6, 6.07) is 23.1. The Labute approximate surface area is 202 Å². The zero-order valence-electron chi connectivity index (χ0n) is 20.4. The number of rotatable bonds is 3. The van der Waals surface area contributed by atoms with E-state index in [1.165, 1.54) is 59.8 Å². The van der Waals surface area contributed by atoms with E-state index in [0.29, 0.717) is 11.5 Å². The molecule has 1 unspecified atom stereocenters. The number of hydrogen-bond donors (Lipinski definition) is 0. The summed E-state index contributed by atoms with van der Waals surface area (Å²) in [5.41, 5.74) is 7.54. The lowest BCUT2D eigenvalue weighted by molar-refractivity contribution is -0.665. The number of benzene rings is 3. The standard InChI is InChI=1S/C32H33FN/c1-20-15-31(33)30(23-7-5-4-6-8-23)19-28(20)32-27-14-13-25(18-26(27)16-21(2)34(32)3)29-17-22-9-11-24(29)12-10-22/h4-8,13-16,18-19,22,24,29H,9-12,17H2,1-3H3/q+1. The second kappa shape index (κ2) is 8.34. The highest BCUT2D eigenvalue weighted by Gasteiger charge is 2.36. The summed E-state index contributed by atoms with van der Waals surface area (Å²) in [6.07, 6.45) is 7.03. The lowest BCUT2D eigenvalue weighted by Gasteiger charge is -2.42. The van der Waals surface area contributed by atoms with Crippen LogP contribution in [0.3, 0.4) is 0 Å². The van der Waals surface area contributed by atoms with E-state index in [0.717, 1.165) is 28.5 Å². The maximum absolute atomic E-state index is 15.1. The lowest BCUT2D eigenvalue weighted by Crippen LogP contribution is -2.35. The Morgan fingerprint density at radius 3 is 2.29 bits per heavy atom. The summed E-state index contributed by atoms with van der Waals surface area (Å²) >= 11 is 0. The Hall–Kier alpha value is -3.00. The van der Waals surface area contributed by atoms with Crippen molar-refractivity contribution in [1.82, 2.24) is 0 Å². The molecule has 1 aromatic heterocycles. The molecule has 0 amide bonds. The molecular formula is C32H33FN+. The van der Waals surface area contributed by atoms with Crippen LogP contribution < -0.4 is 4.57 Å². The van der Waals surface area contributed by atoms with Crippen molar-refractivity contribution in [2.24, 2.45) is 18.9 Å². The fourth-order valence-corrected chi connectivity index (χ4v) is 6.70. The highest BCUT2D eigenvalue weighted by Crippen LogP contribution is 2.50. The predicted molar refractivity (Wildman–Crippen MR) is 138 cm³/mol. The van der Waals surface area contributed by atoms with Crippen LogP contribution in [0, 0.1) is 31.5 Å². The number of nitrogens with zero attached hydrogens (tertiary/aromatic N) is 1. The number of aromatic nitrogens is 1. The van der Waals surface area contributed by atoms with Gasteiger partial charge in [-0.3, -0.25) is 0 Å². The normalized spacial score (nSPS) is 21.8. The van der Waals surface area contributed by atoms with Gasteiger partial charge in [0.05, 0.1) is 10.9 Å². The molecule has 172 valence electrons. The smallest absolute Gasteiger partial charge is 0.206 e. The summed E-state index contributed by atoms with van der Waals surface area (Å²) in [7, 11) is 2.13. The Bertz CT molecular complexity index is 1380. The van der Waals surface area contributed by atoms with Gasteiger partial charge in [-0.25, -0.2) is 4.39 Å². The van der Waals surface area contributed by atoms with Crippen LogP contribution in [0.25, 0.3) is 33.2 Å². The van der Waals surface area contributed by atoms with E-state index in [4.69, 9.17) is 0 Å². The van der Waals surface area contributed by atoms with Gasteiger partial charge in [0.2, 0.25) is 5.69 Å². The Kier molecular flexibility index (Phi) is 5.28. The molecule has 0 saturated heterocycles. The van der Waals surface area contributed by atoms with E-state index < -0.39 is 0 Å². The van der Waals surface area contributed by atoms with Crippen LogP contribution in [0.15, 0.2) is 66.7 Å². The van der Waals surface area contributed by atoms with Crippen LogP contribution in [0.5, 0.6) is 0 Å². The van der Waals surface area contributed by atoms with Crippen LogP contribution in [0.2, 0.25) is 0 Å². The molecule has 0 spiro atoms. The summed E-state index contributed by atoms with van der Waals surface area (Å²) in [5, 5.41) is 2.54. The summed E-state index contributed by atoms with van der Waals surface area (Å²) < 4.78 is 17.3. The van der Waals surface area contributed by atoms with Gasteiger partial charge in [0.15, 0.2) is 5.69 Å². The third-order valence-electron chi connectivity index (χ3n) is 8.69. The third-order valence-corrected chi connectivity index (χ3v) is 8.69. The van der Waals surface area contributed by atoms with Gasteiger partial charge in [-0.15, -0.1) is 0 Å². The van der Waals surface area contributed by atoms with Gasteiger partial charge >= 0.3 is 0 Å². The van der Waals surface area contributed by atoms with Crippen molar-refractivity contribution in [2.45, 2.75) is 51.9 Å². The average molecular weight is 451 g/mol. The Morgan fingerprint density at radius 2 is 1.59 bits per heavy atom. The van der Waals surface area contributed by atoms with Crippen molar-refractivity contribution in [1.29, 1.82) is 0 Å². The van der Waals surface area contributed by atoms with Crippen molar-refractivity contribution in [3.8, 4) is 22.4 Å². The molecule has 1 heterocycles. The number of aryl methyl sites for hydroxylation is 2. The fraction of sp³-hybridized carbons (Fsp3) is 0.344. The SMILES string of the molecule is Cc1cc(F)c(-c2ccccc2)cc1-c1c2ccc(C3CC4CCC3CC4)cc2cc(C)[n+]1C. The molecule has 3 aromatic carbocycles. The van der Waals surface area contributed by atoms with Crippen LogP contribution in [0.4, 0.5) is 4.39 Å². The third kappa shape index (κ3) is 3.55. The molecule has 1 nitrogen and oxygen atoms in total. The second-order valence-corrected chi connectivity index (χ2v) is 10.7. The van der Waals surface area contributed by atoms with Gasteiger partial charge in [0, 0.05) is 18.6 Å². The quantitative estimate of drug-likeness (QED) is 0.278. The molecule has 0 radical (unpaired) electrons. The van der Waals surface area contributed by atoms with Crippen LogP contribution in [0.1, 0.15) is 54.8 Å². The van der Waals surface area contributed by atoms with Gasteiger partial charge in [-0.1, -0.05) is 55.3 Å². The maximum atomic E-state index is 15.1. The summed E-state index contributed by atoms with van der Waals surface area (Å²) in [5.74, 6) is 2.33. The highest BCUT2D eigenvalue weighted by molar-refractivity contribution is 5.95.